The summed E-state index contributed by atoms with van der Waals surface area (Å²) in [6.45, 7) is 1.91. The van der Waals surface area contributed by atoms with Crippen LogP contribution in [-0.2, 0) is 9.59 Å². The Balaban J connectivity index is 0.000000269. The van der Waals surface area contributed by atoms with Gasteiger partial charge in [0.05, 0.1) is 31.2 Å². The van der Waals surface area contributed by atoms with Crippen LogP contribution in [0.15, 0.2) is 0 Å². The number of amides is 4. The second-order valence-corrected chi connectivity index (χ2v) is 8.72. The summed E-state index contributed by atoms with van der Waals surface area (Å²) < 4.78 is 0. The summed E-state index contributed by atoms with van der Waals surface area (Å²) in [7, 11) is 0. The second kappa shape index (κ2) is 9.28. The molecule has 3 aliphatic heterocycles. The normalized spacial score (nSPS) is 22.6. The van der Waals surface area contributed by atoms with Crippen molar-refractivity contribution >= 4 is 70.0 Å². The molecule has 2 saturated heterocycles. The zero-order valence-corrected chi connectivity index (χ0v) is 18.6. The maximum absolute atomic E-state index is 12.5. The van der Waals surface area contributed by atoms with Crippen molar-refractivity contribution in [3.8, 4) is 0 Å². The standard InChI is InChI=1S/C13H8Cl4N2O3.C5H10N2O/c14-8-6-7(9(15)11(17)10(8)16)13(22)19(12(6)21)3-4-1-5(20)18-2-4;6-2-4-1-5(8)7-3-4/h4H,1-3H2,(H,18,20);4H,1-3,6H2,(H,7,8)/t2*4-/m10/s1. The van der Waals surface area contributed by atoms with Crippen LogP contribution in [0.3, 0.4) is 0 Å². The fraction of sp³-hybridized carbons (Fsp3) is 0.444. The van der Waals surface area contributed by atoms with Crippen LogP contribution in [0.25, 0.3) is 0 Å². The number of imide groups is 1. The van der Waals surface area contributed by atoms with E-state index < -0.39 is 11.8 Å². The van der Waals surface area contributed by atoms with Gasteiger partial charge in [0.2, 0.25) is 11.8 Å². The van der Waals surface area contributed by atoms with E-state index in [2.05, 4.69) is 10.6 Å². The Morgan fingerprint density at radius 2 is 1.20 bits per heavy atom. The summed E-state index contributed by atoms with van der Waals surface area (Å²) in [5.41, 5.74) is 5.23. The lowest BCUT2D eigenvalue weighted by molar-refractivity contribution is -0.120. The largest absolute Gasteiger partial charge is 0.356 e. The topological polar surface area (TPSA) is 122 Å². The van der Waals surface area contributed by atoms with E-state index in [0.717, 1.165) is 11.4 Å². The van der Waals surface area contributed by atoms with Gasteiger partial charge in [0.15, 0.2) is 0 Å². The van der Waals surface area contributed by atoms with E-state index in [1.807, 2.05) is 0 Å². The molecule has 4 amide bonds. The van der Waals surface area contributed by atoms with E-state index in [1.54, 1.807) is 0 Å². The number of nitrogens with two attached hydrogens (primary N) is 1. The molecule has 0 unspecified atom stereocenters. The highest BCUT2D eigenvalue weighted by Gasteiger charge is 2.42. The molecule has 1 aromatic rings. The highest BCUT2D eigenvalue weighted by molar-refractivity contribution is 6.55. The smallest absolute Gasteiger partial charge is 0.263 e. The van der Waals surface area contributed by atoms with Gasteiger partial charge in [-0.05, 0) is 12.5 Å². The van der Waals surface area contributed by atoms with Crippen LogP contribution in [-0.4, -0.2) is 54.7 Å². The predicted octanol–water partition coefficient (Wildman–Crippen LogP) is 2.11. The molecule has 4 N–H and O–H groups in total. The van der Waals surface area contributed by atoms with Crippen molar-refractivity contribution in [2.24, 2.45) is 17.6 Å². The summed E-state index contributed by atoms with van der Waals surface area (Å²) in [4.78, 5) is 47.6. The van der Waals surface area contributed by atoms with Crippen LogP contribution in [0.1, 0.15) is 33.6 Å². The lowest BCUT2D eigenvalue weighted by Crippen LogP contribution is -2.35. The molecule has 12 heteroatoms. The van der Waals surface area contributed by atoms with Gasteiger partial charge in [0.1, 0.15) is 0 Å². The molecule has 0 radical (unpaired) electrons. The van der Waals surface area contributed by atoms with Gasteiger partial charge in [-0.15, -0.1) is 0 Å². The Morgan fingerprint density at radius 1 is 0.767 bits per heavy atom. The van der Waals surface area contributed by atoms with Gasteiger partial charge in [-0.3, -0.25) is 24.1 Å². The number of nitrogens with one attached hydrogen (secondary N) is 2. The molecule has 0 bridgehead atoms. The van der Waals surface area contributed by atoms with Crippen molar-refractivity contribution in [1.82, 2.24) is 15.5 Å². The number of hydrogen-bond donors (Lipinski definition) is 3. The molecular weight excluding hydrogens is 478 g/mol. The first-order valence-electron chi connectivity index (χ1n) is 9.11. The Kier molecular flexibility index (Phi) is 7.14. The van der Waals surface area contributed by atoms with Crippen LogP contribution >= 0.6 is 46.4 Å². The predicted molar refractivity (Wildman–Crippen MR) is 113 cm³/mol. The third-order valence-electron chi connectivity index (χ3n) is 5.08. The van der Waals surface area contributed by atoms with Gasteiger partial charge in [0.25, 0.3) is 11.8 Å². The van der Waals surface area contributed by atoms with Crippen molar-refractivity contribution in [3.05, 3.63) is 31.2 Å². The first kappa shape index (κ1) is 23.1. The summed E-state index contributed by atoms with van der Waals surface area (Å²) in [6.07, 6.45) is 0.882. The number of hydrogen-bond acceptors (Lipinski definition) is 5. The highest BCUT2D eigenvalue weighted by Crippen LogP contribution is 2.45. The monoisotopic (exact) mass is 494 g/mol. The van der Waals surface area contributed by atoms with E-state index in [0.29, 0.717) is 25.4 Å². The minimum absolute atomic E-state index is 0.0386. The zero-order valence-electron chi connectivity index (χ0n) is 15.6. The quantitative estimate of drug-likeness (QED) is 0.337. The lowest BCUT2D eigenvalue weighted by Gasteiger charge is -2.17. The number of carbonyl (C=O) groups is 4. The van der Waals surface area contributed by atoms with E-state index in [1.165, 1.54) is 0 Å². The Hall–Kier alpha value is -1.58. The molecule has 162 valence electrons. The molecule has 1 aromatic carbocycles. The van der Waals surface area contributed by atoms with Crippen molar-refractivity contribution in [2.45, 2.75) is 12.8 Å². The molecule has 0 aliphatic carbocycles. The maximum Gasteiger partial charge on any atom is 0.263 e. The molecule has 8 nitrogen and oxygen atoms in total. The fourth-order valence-electron chi connectivity index (χ4n) is 3.44. The fourth-order valence-corrected chi connectivity index (χ4v) is 4.46. The molecule has 0 saturated carbocycles. The number of carbonyl (C=O) groups excluding carboxylic acids is 4. The third kappa shape index (κ3) is 4.38. The highest BCUT2D eigenvalue weighted by atomic mass is 35.5. The zero-order chi connectivity index (χ0) is 22.2. The molecular formula is C18H18Cl4N4O4. The number of halogens is 4. The van der Waals surface area contributed by atoms with Crippen molar-refractivity contribution in [1.29, 1.82) is 0 Å². The van der Waals surface area contributed by atoms with E-state index in [-0.39, 0.29) is 61.9 Å². The average molecular weight is 496 g/mol. The van der Waals surface area contributed by atoms with Crippen LogP contribution in [0.4, 0.5) is 0 Å². The Bertz CT molecular complexity index is 892. The summed E-state index contributed by atoms with van der Waals surface area (Å²) in [5.74, 6) is -0.875. The van der Waals surface area contributed by atoms with Gasteiger partial charge >= 0.3 is 0 Å². The van der Waals surface area contributed by atoms with E-state index in [9.17, 15) is 19.2 Å². The van der Waals surface area contributed by atoms with E-state index >= 15 is 0 Å². The van der Waals surface area contributed by atoms with Crippen molar-refractivity contribution < 1.29 is 19.2 Å². The van der Waals surface area contributed by atoms with Crippen LogP contribution < -0.4 is 16.4 Å². The van der Waals surface area contributed by atoms with Gasteiger partial charge in [-0.1, -0.05) is 46.4 Å². The molecule has 2 atom stereocenters. The number of fused-ring (bicyclic) bond motifs is 1. The molecule has 3 heterocycles. The van der Waals surface area contributed by atoms with Crippen LogP contribution in [0, 0.1) is 11.8 Å². The first-order chi connectivity index (χ1) is 14.1. The first-order valence-corrected chi connectivity index (χ1v) is 10.6. The van der Waals surface area contributed by atoms with Crippen LogP contribution in [0.5, 0.6) is 0 Å². The van der Waals surface area contributed by atoms with Crippen molar-refractivity contribution in [3.63, 3.8) is 0 Å². The average Bonchev–Trinajstić information content (AvgIpc) is 3.39. The minimum Gasteiger partial charge on any atom is -0.356 e. The lowest BCUT2D eigenvalue weighted by atomic mass is 10.1. The second-order valence-electron chi connectivity index (χ2n) is 7.21. The number of nitrogens with zero attached hydrogens (tertiary/aromatic N) is 1. The SMILES string of the molecule is NC[C@H]1CNC(=O)C1.O=C1C[C@@H](CN2C(=O)c3c(Cl)c(Cl)c(Cl)c(Cl)c3C2=O)CN1. The summed E-state index contributed by atoms with van der Waals surface area (Å²) >= 11 is 23.9. The van der Waals surface area contributed by atoms with Gasteiger partial charge in [0, 0.05) is 38.4 Å². The Morgan fingerprint density at radius 3 is 1.53 bits per heavy atom. The van der Waals surface area contributed by atoms with Gasteiger partial charge < -0.3 is 16.4 Å². The molecule has 4 rings (SSSR count). The molecule has 30 heavy (non-hydrogen) atoms. The third-order valence-corrected chi connectivity index (χ3v) is 6.89. The minimum atomic E-state index is -0.579. The van der Waals surface area contributed by atoms with E-state index in [4.69, 9.17) is 52.1 Å². The van der Waals surface area contributed by atoms with Gasteiger partial charge in [-0.2, -0.15) is 0 Å². The maximum atomic E-state index is 12.5. The Labute approximate surface area is 192 Å². The molecule has 0 aromatic heterocycles. The van der Waals surface area contributed by atoms with Crippen LogP contribution in [0.2, 0.25) is 20.1 Å². The summed E-state index contributed by atoms with van der Waals surface area (Å²) in [6, 6.07) is 0. The van der Waals surface area contributed by atoms with Gasteiger partial charge in [-0.25, -0.2) is 0 Å². The van der Waals surface area contributed by atoms with Crippen molar-refractivity contribution in [2.75, 3.05) is 26.2 Å². The molecule has 0 spiro atoms. The molecule has 3 aliphatic rings. The number of benzene rings is 1. The summed E-state index contributed by atoms with van der Waals surface area (Å²) in [5, 5.41) is 5.05. The molecule has 2 fully saturated rings. The number of rotatable bonds is 3.